The van der Waals surface area contributed by atoms with E-state index in [0.717, 1.165) is 31.9 Å². The highest BCUT2D eigenvalue weighted by Gasteiger charge is 2.23. The lowest BCUT2D eigenvalue weighted by molar-refractivity contribution is -0.129. The molecule has 0 bridgehead atoms. The van der Waals surface area contributed by atoms with Gasteiger partial charge in [-0.25, -0.2) is 13.2 Å². The van der Waals surface area contributed by atoms with Crippen LogP contribution in [0.1, 0.15) is 43.0 Å². The topological polar surface area (TPSA) is 102 Å². The Bertz CT molecular complexity index is 711. The number of rotatable bonds is 6. The van der Waals surface area contributed by atoms with Crippen molar-refractivity contribution < 1.29 is 22.7 Å². The molecule has 0 heterocycles. The van der Waals surface area contributed by atoms with Crippen LogP contribution in [0.4, 0.5) is 5.69 Å². The van der Waals surface area contributed by atoms with Crippen molar-refractivity contribution in [2.24, 2.45) is 0 Å². The summed E-state index contributed by atoms with van der Waals surface area (Å²) in [6.07, 6.45) is 4.20. The predicted octanol–water partition coefficient (Wildman–Crippen LogP) is 1.66. The van der Waals surface area contributed by atoms with Crippen molar-refractivity contribution in [1.82, 2.24) is 5.32 Å². The minimum Gasteiger partial charge on any atom is -0.449 e. The van der Waals surface area contributed by atoms with E-state index in [1.54, 1.807) is 0 Å². The van der Waals surface area contributed by atoms with Gasteiger partial charge in [0.1, 0.15) is 0 Å². The number of benzene rings is 1. The number of hydrogen-bond acceptors (Lipinski definition) is 5. The van der Waals surface area contributed by atoms with Gasteiger partial charge in [-0.15, -0.1) is 0 Å². The molecule has 1 aliphatic rings. The number of ether oxygens (including phenoxy) is 1. The number of carbonyl (C=O) groups is 2. The molecule has 0 aromatic heterocycles. The number of hydrogen-bond donors (Lipinski definition) is 2. The van der Waals surface area contributed by atoms with Gasteiger partial charge in [-0.2, -0.15) is 0 Å². The number of sulfonamides is 1. The lowest BCUT2D eigenvalue weighted by atomic mass is 10.2. The second-order valence-electron chi connectivity index (χ2n) is 5.99. The maximum atomic E-state index is 12.1. The highest BCUT2D eigenvalue weighted by molar-refractivity contribution is 7.92. The third-order valence-corrected chi connectivity index (χ3v) is 4.36. The first-order valence-electron chi connectivity index (χ1n) is 7.84. The maximum absolute atomic E-state index is 12.1. The predicted molar refractivity (Wildman–Crippen MR) is 90.2 cm³/mol. The average molecular weight is 354 g/mol. The van der Waals surface area contributed by atoms with E-state index in [2.05, 4.69) is 10.0 Å². The van der Waals surface area contributed by atoms with Crippen LogP contribution in [0.25, 0.3) is 0 Å². The quantitative estimate of drug-likeness (QED) is 0.757. The molecule has 1 aromatic rings. The zero-order chi connectivity index (χ0) is 17.7. The minimum absolute atomic E-state index is 0.154. The van der Waals surface area contributed by atoms with E-state index in [9.17, 15) is 18.0 Å². The summed E-state index contributed by atoms with van der Waals surface area (Å²) < 4.78 is 29.9. The fraction of sp³-hybridized carbons (Fsp3) is 0.500. The molecule has 1 amide bonds. The summed E-state index contributed by atoms with van der Waals surface area (Å²) in [7, 11) is -3.44. The fourth-order valence-corrected chi connectivity index (χ4v) is 3.15. The van der Waals surface area contributed by atoms with Gasteiger partial charge in [0.2, 0.25) is 10.0 Å². The molecule has 0 saturated heterocycles. The molecule has 1 aliphatic carbocycles. The van der Waals surface area contributed by atoms with E-state index in [-0.39, 0.29) is 23.2 Å². The zero-order valence-electron chi connectivity index (χ0n) is 13.7. The van der Waals surface area contributed by atoms with E-state index in [0.29, 0.717) is 0 Å². The molecular weight excluding hydrogens is 332 g/mol. The number of esters is 1. The Balaban J connectivity index is 1.95. The van der Waals surface area contributed by atoms with Gasteiger partial charge in [-0.05, 0) is 38.0 Å². The Hall–Kier alpha value is -2.09. The van der Waals surface area contributed by atoms with E-state index in [1.807, 2.05) is 0 Å². The molecule has 0 radical (unpaired) electrons. The first kappa shape index (κ1) is 18.3. The second-order valence-corrected chi connectivity index (χ2v) is 7.74. The Kier molecular flexibility index (Phi) is 5.82. The van der Waals surface area contributed by atoms with Crippen LogP contribution in [0.3, 0.4) is 0 Å². The van der Waals surface area contributed by atoms with Gasteiger partial charge in [0.25, 0.3) is 5.91 Å². The summed E-state index contributed by atoms with van der Waals surface area (Å²) in [5.74, 6) is -0.998. The first-order valence-corrected chi connectivity index (χ1v) is 9.73. The highest BCUT2D eigenvalue weighted by Crippen LogP contribution is 2.18. The van der Waals surface area contributed by atoms with Crippen LogP contribution in [-0.2, 0) is 19.6 Å². The monoisotopic (exact) mass is 354 g/mol. The van der Waals surface area contributed by atoms with Crippen molar-refractivity contribution in [2.75, 3.05) is 11.0 Å². The van der Waals surface area contributed by atoms with Gasteiger partial charge < -0.3 is 10.1 Å². The highest BCUT2D eigenvalue weighted by atomic mass is 32.2. The normalized spacial score (nSPS) is 16.4. The Morgan fingerprint density at radius 2 is 1.92 bits per heavy atom. The third kappa shape index (κ3) is 5.52. The molecule has 0 spiro atoms. The Morgan fingerprint density at radius 1 is 1.25 bits per heavy atom. The standard InChI is InChI=1S/C16H22N2O5S/c1-11(15(19)17-13-7-3-4-8-13)23-16(20)12-6-5-9-14(10-12)18-24(2,21)22/h5-6,9-11,13,18H,3-4,7-8H2,1-2H3,(H,17,19)/t11-/m1/s1. The average Bonchev–Trinajstić information content (AvgIpc) is 2.98. The fourth-order valence-electron chi connectivity index (χ4n) is 2.59. The molecule has 132 valence electrons. The van der Waals surface area contributed by atoms with Crippen molar-refractivity contribution in [3.8, 4) is 0 Å². The van der Waals surface area contributed by atoms with Gasteiger partial charge in [-0.3, -0.25) is 9.52 Å². The number of carbonyl (C=O) groups excluding carboxylic acids is 2. The molecule has 1 fully saturated rings. The van der Waals surface area contributed by atoms with Crippen LogP contribution in [0.15, 0.2) is 24.3 Å². The van der Waals surface area contributed by atoms with Crippen molar-refractivity contribution in [2.45, 2.75) is 44.8 Å². The molecule has 24 heavy (non-hydrogen) atoms. The number of anilines is 1. The molecule has 0 unspecified atom stereocenters. The lowest BCUT2D eigenvalue weighted by Gasteiger charge is -2.17. The summed E-state index contributed by atoms with van der Waals surface area (Å²) in [6.45, 7) is 1.51. The third-order valence-electron chi connectivity index (χ3n) is 3.76. The molecule has 1 aromatic carbocycles. The molecule has 7 nitrogen and oxygen atoms in total. The lowest BCUT2D eigenvalue weighted by Crippen LogP contribution is -2.40. The summed E-state index contributed by atoms with van der Waals surface area (Å²) in [5, 5.41) is 2.87. The number of nitrogens with one attached hydrogen (secondary N) is 2. The van der Waals surface area contributed by atoms with Gasteiger partial charge >= 0.3 is 5.97 Å². The van der Waals surface area contributed by atoms with Crippen LogP contribution in [0, 0.1) is 0 Å². The van der Waals surface area contributed by atoms with Crippen LogP contribution < -0.4 is 10.0 Å². The minimum atomic E-state index is -3.44. The Morgan fingerprint density at radius 3 is 2.54 bits per heavy atom. The SMILES string of the molecule is C[C@@H](OC(=O)c1cccc(NS(C)(=O)=O)c1)C(=O)NC1CCCC1. The zero-order valence-corrected chi connectivity index (χ0v) is 14.6. The van der Waals surface area contributed by atoms with Crippen molar-refractivity contribution in [3.63, 3.8) is 0 Å². The summed E-state index contributed by atoms with van der Waals surface area (Å²) >= 11 is 0. The molecule has 1 atom stereocenters. The molecular formula is C16H22N2O5S. The molecule has 2 rings (SSSR count). The van der Waals surface area contributed by atoms with E-state index in [1.165, 1.54) is 31.2 Å². The Labute approximate surface area is 141 Å². The molecule has 8 heteroatoms. The second kappa shape index (κ2) is 7.65. The van der Waals surface area contributed by atoms with Gasteiger partial charge in [0, 0.05) is 11.7 Å². The van der Waals surface area contributed by atoms with E-state index in [4.69, 9.17) is 4.74 Å². The van der Waals surface area contributed by atoms with Crippen LogP contribution >= 0.6 is 0 Å². The van der Waals surface area contributed by atoms with Gasteiger partial charge in [0.05, 0.1) is 11.8 Å². The number of amides is 1. The van der Waals surface area contributed by atoms with Crippen molar-refractivity contribution >= 4 is 27.6 Å². The van der Waals surface area contributed by atoms with Crippen molar-refractivity contribution in [1.29, 1.82) is 0 Å². The van der Waals surface area contributed by atoms with E-state index >= 15 is 0 Å². The molecule has 2 N–H and O–H groups in total. The van der Waals surface area contributed by atoms with Gasteiger partial charge in [-0.1, -0.05) is 18.9 Å². The largest absolute Gasteiger partial charge is 0.449 e. The van der Waals surface area contributed by atoms with Crippen LogP contribution in [-0.4, -0.2) is 38.7 Å². The first-order chi connectivity index (χ1) is 11.2. The smallest absolute Gasteiger partial charge is 0.338 e. The van der Waals surface area contributed by atoms with E-state index < -0.39 is 22.1 Å². The summed E-state index contributed by atoms with van der Waals surface area (Å²) in [6, 6.07) is 6.07. The summed E-state index contributed by atoms with van der Waals surface area (Å²) in [4.78, 5) is 24.2. The maximum Gasteiger partial charge on any atom is 0.338 e. The van der Waals surface area contributed by atoms with Crippen molar-refractivity contribution in [3.05, 3.63) is 29.8 Å². The van der Waals surface area contributed by atoms with Crippen LogP contribution in [0.2, 0.25) is 0 Å². The van der Waals surface area contributed by atoms with Crippen LogP contribution in [0.5, 0.6) is 0 Å². The molecule has 1 saturated carbocycles. The molecule has 0 aliphatic heterocycles. The summed E-state index contributed by atoms with van der Waals surface area (Å²) in [5.41, 5.74) is 0.430. The van der Waals surface area contributed by atoms with Gasteiger partial charge in [0.15, 0.2) is 6.10 Å².